The molecule has 3 heterocycles. The number of benzene rings is 1. The Morgan fingerprint density at radius 2 is 1.70 bits per heavy atom. The van der Waals surface area contributed by atoms with Crippen LogP contribution in [-0.2, 0) is 0 Å². The number of rotatable bonds is 2. The Labute approximate surface area is 132 Å². The fourth-order valence-corrected chi connectivity index (χ4v) is 2.26. The first-order valence-corrected chi connectivity index (χ1v) is 5.96. The van der Waals surface area contributed by atoms with Crippen LogP contribution in [0.3, 0.4) is 0 Å². The molecular weight excluding hydrogens is 367 g/mol. The summed E-state index contributed by atoms with van der Waals surface area (Å²) in [6.07, 6.45) is 6.70. The summed E-state index contributed by atoms with van der Waals surface area (Å²) in [6.45, 7) is 0. The predicted octanol–water partition coefficient (Wildman–Crippen LogP) is 4.50. The normalized spacial score (nSPS) is 10.6. The number of imidazole rings is 1. The van der Waals surface area contributed by atoms with Gasteiger partial charge in [0.1, 0.15) is 18.4 Å². The lowest BCUT2D eigenvalue weighted by Crippen LogP contribution is -1.94. The number of hydrogen-bond acceptors (Lipinski definition) is 3. The molecule has 0 saturated carbocycles. The minimum absolute atomic E-state index is 0. The number of nitrogens with zero attached hydrogens (tertiary/aromatic N) is 2. The molecule has 0 aliphatic carbocycles. The van der Waals surface area contributed by atoms with Crippen LogP contribution in [-0.4, -0.2) is 9.55 Å². The second-order valence-corrected chi connectivity index (χ2v) is 4.25. The first-order chi connectivity index (χ1) is 9.43. The van der Waals surface area contributed by atoms with E-state index in [4.69, 9.17) is 8.83 Å². The molecule has 3 aromatic heterocycles. The third-order valence-corrected chi connectivity index (χ3v) is 3.10. The monoisotopic (exact) mass is 378 g/mol. The summed E-state index contributed by atoms with van der Waals surface area (Å²) in [5, 5.41) is 0. The van der Waals surface area contributed by atoms with Gasteiger partial charge in [0.15, 0.2) is 0 Å². The summed E-state index contributed by atoms with van der Waals surface area (Å²) in [4.78, 5) is 4.67. The average molecular weight is 378 g/mol. The van der Waals surface area contributed by atoms with Gasteiger partial charge in [-0.15, -0.1) is 24.0 Å². The largest absolute Gasteiger partial charge is 0.472 e. The summed E-state index contributed by atoms with van der Waals surface area (Å²) in [7, 11) is 0. The van der Waals surface area contributed by atoms with Gasteiger partial charge in [0.2, 0.25) is 0 Å². The molecular formula is C15H11IN2O2. The van der Waals surface area contributed by atoms with Gasteiger partial charge in [-0.1, -0.05) is 12.1 Å². The third kappa shape index (κ3) is 1.94. The van der Waals surface area contributed by atoms with E-state index < -0.39 is 0 Å². The van der Waals surface area contributed by atoms with Gasteiger partial charge in [0.25, 0.3) is 0 Å². The van der Waals surface area contributed by atoms with Crippen molar-refractivity contribution >= 4 is 35.0 Å². The molecule has 0 saturated heterocycles. The number of aromatic nitrogens is 2. The molecule has 0 fully saturated rings. The Morgan fingerprint density at radius 3 is 2.45 bits per heavy atom. The fourth-order valence-electron chi connectivity index (χ4n) is 2.26. The van der Waals surface area contributed by atoms with Crippen LogP contribution in [0, 0.1) is 0 Å². The fraction of sp³-hybridized carbons (Fsp3) is 0. The molecule has 0 atom stereocenters. The number of furan rings is 2. The van der Waals surface area contributed by atoms with Crippen molar-refractivity contribution in [3.05, 3.63) is 61.5 Å². The maximum absolute atomic E-state index is 5.19. The maximum atomic E-state index is 5.19. The molecule has 0 aliphatic rings. The lowest BCUT2D eigenvalue weighted by Gasteiger charge is -2.04. The van der Waals surface area contributed by atoms with Crippen molar-refractivity contribution < 1.29 is 8.83 Å². The summed E-state index contributed by atoms with van der Waals surface area (Å²) < 4.78 is 12.4. The quantitative estimate of drug-likeness (QED) is 0.483. The van der Waals surface area contributed by atoms with E-state index in [2.05, 4.69) is 9.55 Å². The van der Waals surface area contributed by atoms with E-state index in [0.717, 1.165) is 28.1 Å². The van der Waals surface area contributed by atoms with E-state index in [9.17, 15) is 0 Å². The average Bonchev–Trinajstić information content (AvgIpc) is 3.17. The molecule has 0 bridgehead atoms. The van der Waals surface area contributed by atoms with Crippen molar-refractivity contribution in [2.75, 3.05) is 0 Å². The van der Waals surface area contributed by atoms with Gasteiger partial charge in [-0.3, -0.25) is 4.57 Å². The molecule has 4 nitrogen and oxygen atoms in total. The van der Waals surface area contributed by atoms with Gasteiger partial charge in [-0.25, -0.2) is 4.98 Å². The summed E-state index contributed by atoms with van der Waals surface area (Å²) in [5.74, 6) is 0.844. The van der Waals surface area contributed by atoms with E-state index in [0.29, 0.717) is 0 Å². The zero-order valence-electron chi connectivity index (χ0n) is 10.4. The Morgan fingerprint density at radius 1 is 0.900 bits per heavy atom. The molecule has 0 N–H and O–H groups in total. The first kappa shape index (κ1) is 13.0. The van der Waals surface area contributed by atoms with Gasteiger partial charge in [-0.2, -0.15) is 0 Å². The number of fused-ring (bicyclic) bond motifs is 1. The molecule has 0 spiro atoms. The summed E-state index contributed by atoms with van der Waals surface area (Å²) in [5.41, 5.74) is 3.88. The second-order valence-electron chi connectivity index (χ2n) is 4.25. The summed E-state index contributed by atoms with van der Waals surface area (Å²) >= 11 is 0. The van der Waals surface area contributed by atoms with Crippen LogP contribution < -0.4 is 0 Å². The Hall–Kier alpha value is -2.02. The number of para-hydroxylation sites is 2. The molecule has 0 amide bonds. The van der Waals surface area contributed by atoms with Gasteiger partial charge >= 0.3 is 0 Å². The van der Waals surface area contributed by atoms with Crippen molar-refractivity contribution in [1.82, 2.24) is 9.55 Å². The van der Waals surface area contributed by atoms with E-state index >= 15 is 0 Å². The zero-order chi connectivity index (χ0) is 12.7. The molecule has 0 unspecified atom stereocenters. The second kappa shape index (κ2) is 5.16. The lowest BCUT2D eigenvalue weighted by atomic mass is 10.3. The van der Waals surface area contributed by atoms with Crippen LogP contribution in [0.25, 0.3) is 28.1 Å². The van der Waals surface area contributed by atoms with Crippen molar-refractivity contribution in [1.29, 1.82) is 0 Å². The number of hydrogen-bond donors (Lipinski definition) is 0. The molecule has 4 aromatic rings. The van der Waals surface area contributed by atoms with Crippen LogP contribution in [0.2, 0.25) is 0 Å². The molecule has 1 aromatic carbocycles. The molecule has 4 rings (SSSR count). The third-order valence-electron chi connectivity index (χ3n) is 3.10. The van der Waals surface area contributed by atoms with Crippen LogP contribution in [0.4, 0.5) is 0 Å². The smallest absolute Gasteiger partial charge is 0.149 e. The highest BCUT2D eigenvalue weighted by atomic mass is 127. The van der Waals surface area contributed by atoms with E-state index in [1.54, 1.807) is 25.1 Å². The van der Waals surface area contributed by atoms with Gasteiger partial charge in [0, 0.05) is 6.07 Å². The molecule has 100 valence electrons. The van der Waals surface area contributed by atoms with Crippen LogP contribution in [0.1, 0.15) is 0 Å². The highest BCUT2D eigenvalue weighted by Crippen LogP contribution is 2.28. The van der Waals surface area contributed by atoms with Crippen molar-refractivity contribution in [3.8, 4) is 17.1 Å². The first-order valence-electron chi connectivity index (χ1n) is 5.96. The van der Waals surface area contributed by atoms with Crippen molar-refractivity contribution in [2.24, 2.45) is 0 Å². The van der Waals surface area contributed by atoms with Gasteiger partial charge < -0.3 is 8.83 Å². The predicted molar refractivity (Wildman–Crippen MR) is 86.5 cm³/mol. The van der Waals surface area contributed by atoms with E-state index in [-0.39, 0.29) is 24.0 Å². The topological polar surface area (TPSA) is 44.1 Å². The zero-order valence-corrected chi connectivity index (χ0v) is 12.7. The molecule has 20 heavy (non-hydrogen) atoms. The maximum Gasteiger partial charge on any atom is 0.149 e. The Kier molecular flexibility index (Phi) is 3.35. The summed E-state index contributed by atoms with van der Waals surface area (Å²) in [6, 6.07) is 11.8. The van der Waals surface area contributed by atoms with Crippen molar-refractivity contribution in [2.45, 2.75) is 0 Å². The van der Waals surface area contributed by atoms with E-state index in [1.807, 2.05) is 36.4 Å². The molecule has 5 heteroatoms. The van der Waals surface area contributed by atoms with Crippen LogP contribution >= 0.6 is 24.0 Å². The Bertz CT molecular complexity index is 817. The minimum Gasteiger partial charge on any atom is -0.472 e. The highest BCUT2D eigenvalue weighted by molar-refractivity contribution is 14.0. The SMILES string of the molecule is I.c1ccc2c(c1)nc(-c1ccoc1)n2-c1ccoc1. The van der Waals surface area contributed by atoms with Crippen LogP contribution in [0.15, 0.2) is 70.3 Å². The lowest BCUT2D eigenvalue weighted by molar-refractivity contribution is 0.565. The van der Waals surface area contributed by atoms with Gasteiger partial charge in [0.05, 0.1) is 34.8 Å². The van der Waals surface area contributed by atoms with Crippen LogP contribution in [0.5, 0.6) is 0 Å². The van der Waals surface area contributed by atoms with Crippen molar-refractivity contribution in [3.63, 3.8) is 0 Å². The standard InChI is InChI=1S/C15H10N2O2.HI/c1-2-4-14-13(3-1)16-15(11-5-7-18-9-11)17(14)12-6-8-19-10-12;/h1-10H;1H. The Balaban J connectivity index is 0.00000121. The number of halogens is 1. The van der Waals surface area contributed by atoms with Gasteiger partial charge in [-0.05, 0) is 18.2 Å². The highest BCUT2D eigenvalue weighted by Gasteiger charge is 2.15. The minimum atomic E-state index is 0. The molecule has 0 aliphatic heterocycles. The molecule has 0 radical (unpaired) electrons. The van der Waals surface area contributed by atoms with E-state index in [1.165, 1.54) is 0 Å².